The largest absolute Gasteiger partial charge is 0.491 e. The summed E-state index contributed by atoms with van der Waals surface area (Å²) in [4.78, 5) is 19.5. The van der Waals surface area contributed by atoms with Crippen molar-refractivity contribution in [1.29, 1.82) is 0 Å². The van der Waals surface area contributed by atoms with Crippen LogP contribution >= 0.6 is 11.3 Å². The van der Waals surface area contributed by atoms with Crippen LogP contribution < -0.4 is 4.74 Å². The Morgan fingerprint density at radius 3 is 2.77 bits per heavy atom. The van der Waals surface area contributed by atoms with Crippen LogP contribution in [0.3, 0.4) is 0 Å². The van der Waals surface area contributed by atoms with Gasteiger partial charge in [0.2, 0.25) is 0 Å². The highest BCUT2D eigenvalue weighted by Gasteiger charge is 2.27. The van der Waals surface area contributed by atoms with Crippen LogP contribution in [0.5, 0.6) is 5.75 Å². The van der Waals surface area contributed by atoms with Crippen molar-refractivity contribution in [3.8, 4) is 5.75 Å². The van der Waals surface area contributed by atoms with Crippen molar-refractivity contribution < 1.29 is 9.53 Å². The second kappa shape index (κ2) is 7.41. The fourth-order valence-electron chi connectivity index (χ4n) is 3.80. The van der Waals surface area contributed by atoms with Gasteiger partial charge < -0.3 is 9.64 Å². The van der Waals surface area contributed by atoms with Crippen LogP contribution in [-0.2, 0) is 13.1 Å². The van der Waals surface area contributed by atoms with Gasteiger partial charge in [0.05, 0.1) is 17.5 Å². The minimum Gasteiger partial charge on any atom is -0.491 e. The number of hydrogen-bond donors (Lipinski definition) is 0. The third kappa shape index (κ3) is 3.64. The normalized spacial score (nSPS) is 20.5. The second-order valence-corrected chi connectivity index (χ2v) is 8.72. The molecule has 0 saturated carbocycles. The molecule has 0 radical (unpaired) electrons. The Hall–Kier alpha value is -1.85. The van der Waals surface area contributed by atoms with Crippen molar-refractivity contribution in [2.75, 3.05) is 19.7 Å². The summed E-state index contributed by atoms with van der Waals surface area (Å²) >= 11 is 1.57. The molecule has 4 nitrogen and oxygen atoms in total. The van der Waals surface area contributed by atoms with Crippen LogP contribution in [0.4, 0.5) is 0 Å². The summed E-state index contributed by atoms with van der Waals surface area (Å²) in [6.07, 6.45) is 2.60. The van der Waals surface area contributed by atoms with Gasteiger partial charge >= 0.3 is 0 Å². The maximum absolute atomic E-state index is 13.0. The second-order valence-electron chi connectivity index (χ2n) is 7.43. The first kappa shape index (κ1) is 17.6. The summed E-state index contributed by atoms with van der Waals surface area (Å²) in [6.45, 7) is 8.61. The van der Waals surface area contributed by atoms with E-state index in [1.165, 1.54) is 36.4 Å². The molecular formula is C21H26N2O2S. The van der Waals surface area contributed by atoms with E-state index in [1.807, 2.05) is 24.0 Å². The lowest BCUT2D eigenvalue weighted by atomic mass is 10.1. The average molecular weight is 371 g/mol. The zero-order valence-electron chi connectivity index (χ0n) is 15.5. The van der Waals surface area contributed by atoms with E-state index in [-0.39, 0.29) is 11.9 Å². The Labute approximate surface area is 159 Å². The number of hydrogen-bond acceptors (Lipinski definition) is 4. The smallest absolute Gasteiger partial charge is 0.264 e. The molecule has 0 N–H and O–H groups in total. The van der Waals surface area contributed by atoms with E-state index in [4.69, 9.17) is 4.74 Å². The first-order valence-electron chi connectivity index (χ1n) is 9.44. The number of carbonyl (C=O) groups is 1. The van der Waals surface area contributed by atoms with Crippen LogP contribution in [0.2, 0.25) is 0 Å². The molecule has 1 aromatic heterocycles. The monoisotopic (exact) mass is 370 g/mol. The summed E-state index contributed by atoms with van der Waals surface area (Å²) < 4.78 is 6.00. The summed E-state index contributed by atoms with van der Waals surface area (Å²) in [5, 5.41) is 0. The van der Waals surface area contributed by atoms with Crippen molar-refractivity contribution in [2.45, 2.75) is 45.8 Å². The summed E-state index contributed by atoms with van der Waals surface area (Å²) in [7, 11) is 0. The third-order valence-electron chi connectivity index (χ3n) is 5.29. The number of nitrogens with zero attached hydrogens (tertiary/aromatic N) is 2. The highest BCUT2D eigenvalue weighted by atomic mass is 32.1. The number of benzene rings is 1. The highest BCUT2D eigenvalue weighted by molar-refractivity contribution is 7.13. The van der Waals surface area contributed by atoms with E-state index in [1.54, 1.807) is 11.3 Å². The molecule has 1 aromatic carbocycles. The quantitative estimate of drug-likeness (QED) is 0.816. The third-order valence-corrected chi connectivity index (χ3v) is 6.28. The number of thiophene rings is 1. The number of aryl methyl sites for hydroxylation is 1. The average Bonchev–Trinajstić information content (AvgIpc) is 3.26. The number of amides is 1. The molecule has 0 spiro atoms. The number of rotatable bonds is 3. The molecule has 4 rings (SSSR count). The molecule has 1 saturated heterocycles. The Bertz CT molecular complexity index is 795. The molecule has 1 atom stereocenters. The first-order valence-corrected chi connectivity index (χ1v) is 10.3. The van der Waals surface area contributed by atoms with E-state index in [2.05, 4.69) is 30.0 Å². The molecule has 1 fully saturated rings. The Morgan fingerprint density at radius 2 is 2.04 bits per heavy atom. The molecule has 2 aliphatic rings. The van der Waals surface area contributed by atoms with Gasteiger partial charge in [-0.05, 0) is 69.6 Å². The molecular weight excluding hydrogens is 344 g/mol. The first-order chi connectivity index (χ1) is 12.6. The fourth-order valence-corrected chi connectivity index (χ4v) is 4.62. The predicted molar refractivity (Wildman–Crippen MR) is 105 cm³/mol. The van der Waals surface area contributed by atoms with Gasteiger partial charge in [-0.25, -0.2) is 0 Å². The molecule has 0 unspecified atom stereocenters. The molecule has 2 aromatic rings. The van der Waals surface area contributed by atoms with Crippen molar-refractivity contribution in [2.24, 2.45) is 0 Å². The predicted octanol–water partition coefficient (Wildman–Crippen LogP) is 4.08. The van der Waals surface area contributed by atoms with Crippen molar-refractivity contribution in [3.05, 3.63) is 51.2 Å². The minimum atomic E-state index is 0.0549. The zero-order valence-corrected chi connectivity index (χ0v) is 16.3. The number of carbonyl (C=O) groups excluding carboxylic acids is 1. The van der Waals surface area contributed by atoms with Gasteiger partial charge in [-0.3, -0.25) is 9.69 Å². The lowest BCUT2D eigenvalue weighted by Gasteiger charge is -2.26. The molecule has 0 bridgehead atoms. The molecule has 138 valence electrons. The molecule has 26 heavy (non-hydrogen) atoms. The van der Waals surface area contributed by atoms with E-state index < -0.39 is 0 Å². The summed E-state index contributed by atoms with van der Waals surface area (Å²) in [5.74, 6) is 1.02. The van der Waals surface area contributed by atoms with Crippen molar-refractivity contribution in [3.63, 3.8) is 0 Å². The van der Waals surface area contributed by atoms with Gasteiger partial charge in [0.15, 0.2) is 0 Å². The van der Waals surface area contributed by atoms with E-state index in [0.29, 0.717) is 13.2 Å². The van der Waals surface area contributed by atoms with Gasteiger partial charge in [-0.15, -0.1) is 11.3 Å². The topological polar surface area (TPSA) is 32.8 Å². The maximum Gasteiger partial charge on any atom is 0.264 e. The SMILES string of the molecule is Cc1ccc(C(=O)N2Cc3cc(CN4CCCC4)ccc3OC[C@@H]2C)s1. The zero-order chi connectivity index (χ0) is 18.1. The van der Waals surface area contributed by atoms with Gasteiger partial charge in [0, 0.05) is 17.0 Å². The van der Waals surface area contributed by atoms with E-state index in [9.17, 15) is 4.79 Å². The maximum atomic E-state index is 13.0. The van der Waals surface area contributed by atoms with Gasteiger partial charge in [-0.1, -0.05) is 6.07 Å². The van der Waals surface area contributed by atoms with E-state index >= 15 is 0 Å². The van der Waals surface area contributed by atoms with Crippen molar-refractivity contribution in [1.82, 2.24) is 9.80 Å². The van der Waals surface area contributed by atoms with Crippen LogP contribution in [0.15, 0.2) is 30.3 Å². The Morgan fingerprint density at radius 1 is 1.23 bits per heavy atom. The molecule has 0 aliphatic carbocycles. The number of ether oxygens (including phenoxy) is 1. The molecule has 5 heteroatoms. The standard InChI is InChI=1S/C21H26N2O2S/c1-15-14-25-19-7-6-17(12-22-9-3-4-10-22)11-18(19)13-23(15)21(24)20-8-5-16(2)26-20/h5-8,11,15H,3-4,9-10,12-14H2,1-2H3/t15-/m0/s1. The highest BCUT2D eigenvalue weighted by Crippen LogP contribution is 2.29. The summed E-state index contributed by atoms with van der Waals surface area (Å²) in [5.41, 5.74) is 2.43. The van der Waals surface area contributed by atoms with Gasteiger partial charge in [-0.2, -0.15) is 0 Å². The number of likely N-dealkylation sites (tertiary alicyclic amines) is 1. The number of fused-ring (bicyclic) bond motifs is 1. The Balaban J connectivity index is 1.56. The van der Waals surface area contributed by atoms with Crippen LogP contribution in [0.25, 0.3) is 0 Å². The Kier molecular flexibility index (Phi) is 5.00. The fraction of sp³-hybridized carbons (Fsp3) is 0.476. The molecule has 2 aliphatic heterocycles. The van der Waals surface area contributed by atoms with Crippen LogP contribution in [0, 0.1) is 6.92 Å². The van der Waals surface area contributed by atoms with Crippen LogP contribution in [-0.4, -0.2) is 41.4 Å². The van der Waals surface area contributed by atoms with Crippen LogP contribution in [0.1, 0.15) is 45.4 Å². The van der Waals surface area contributed by atoms with Crippen molar-refractivity contribution >= 4 is 17.2 Å². The molecule has 3 heterocycles. The van der Waals surface area contributed by atoms with E-state index in [0.717, 1.165) is 22.7 Å². The summed E-state index contributed by atoms with van der Waals surface area (Å²) in [6, 6.07) is 10.5. The van der Waals surface area contributed by atoms with Gasteiger partial charge in [0.1, 0.15) is 12.4 Å². The minimum absolute atomic E-state index is 0.0549. The lowest BCUT2D eigenvalue weighted by Crippen LogP contribution is -2.39. The molecule has 1 amide bonds. The van der Waals surface area contributed by atoms with Gasteiger partial charge in [0.25, 0.3) is 5.91 Å². The lowest BCUT2D eigenvalue weighted by molar-refractivity contribution is 0.0650.